The van der Waals surface area contributed by atoms with Crippen molar-refractivity contribution in [2.45, 2.75) is 20.5 Å². The summed E-state index contributed by atoms with van der Waals surface area (Å²) in [6.45, 7) is 4.71. The molecule has 0 atom stereocenters. The zero-order valence-electron chi connectivity index (χ0n) is 20.9. The summed E-state index contributed by atoms with van der Waals surface area (Å²) in [5.74, 6) is -0.154. The molecule has 202 valence electrons. The van der Waals surface area contributed by atoms with Crippen molar-refractivity contribution >= 4 is 90.7 Å². The van der Waals surface area contributed by atoms with E-state index >= 15 is 0 Å². The number of hydrogen-bond acceptors (Lipinski definition) is 6. The Hall–Kier alpha value is -2.65. The lowest BCUT2D eigenvalue weighted by Crippen LogP contribution is -2.54. The molecule has 1 aliphatic rings. The van der Waals surface area contributed by atoms with Crippen LogP contribution in [0.4, 0.5) is 10.5 Å². The number of hydrogen-bond donors (Lipinski definition) is 1. The minimum atomic E-state index is -0.869. The quantitative estimate of drug-likeness (QED) is 0.147. The third-order valence-corrected chi connectivity index (χ3v) is 7.62. The van der Waals surface area contributed by atoms with Crippen molar-refractivity contribution < 1.29 is 28.6 Å². The zero-order chi connectivity index (χ0) is 28.1. The van der Waals surface area contributed by atoms with Crippen LogP contribution in [0.5, 0.6) is 17.2 Å². The average molecular weight is 817 g/mol. The van der Waals surface area contributed by atoms with E-state index in [1.807, 2.05) is 31.2 Å². The van der Waals surface area contributed by atoms with Crippen LogP contribution in [0, 0.1) is 7.14 Å². The molecular weight excluding hydrogens is 794 g/mol. The molecule has 0 spiro atoms. The highest BCUT2D eigenvalue weighted by Crippen LogP contribution is 2.36. The maximum absolute atomic E-state index is 13.5. The number of urea groups is 1. The molecule has 3 aromatic carbocycles. The molecule has 11 heteroatoms. The van der Waals surface area contributed by atoms with Gasteiger partial charge in [0.1, 0.15) is 29.4 Å². The van der Waals surface area contributed by atoms with Gasteiger partial charge >= 0.3 is 6.03 Å². The molecule has 8 nitrogen and oxygen atoms in total. The number of carbonyl (C=O) groups is 3. The molecule has 3 aromatic rings. The van der Waals surface area contributed by atoms with Crippen molar-refractivity contribution in [2.24, 2.45) is 0 Å². The van der Waals surface area contributed by atoms with E-state index in [1.54, 1.807) is 37.3 Å². The molecule has 4 rings (SSSR count). The molecule has 1 heterocycles. The van der Waals surface area contributed by atoms with E-state index in [0.29, 0.717) is 47.1 Å². The first-order valence-electron chi connectivity index (χ1n) is 11.9. The number of carbonyl (C=O) groups excluding carboxylic acids is 3. The highest BCUT2D eigenvalue weighted by Gasteiger charge is 2.38. The van der Waals surface area contributed by atoms with Crippen LogP contribution in [0.25, 0.3) is 6.08 Å². The van der Waals surface area contributed by atoms with Crippen molar-refractivity contribution in [3.63, 3.8) is 0 Å². The Labute approximate surface area is 261 Å². The fourth-order valence-electron chi connectivity index (χ4n) is 3.79. The molecule has 1 fully saturated rings. The fourth-order valence-corrected chi connectivity index (χ4v) is 5.91. The number of halogens is 3. The van der Waals surface area contributed by atoms with Crippen LogP contribution >= 0.6 is 61.1 Å². The summed E-state index contributed by atoms with van der Waals surface area (Å²) in [4.78, 5) is 40.0. The SMILES string of the molecule is CCOc1ccc(OCC)c(N2C(=O)NC(=O)/C(=C\c3cc(Br)c(OCc4ccc(I)cc4)c(I)c3)C2=O)c1. The monoisotopic (exact) mass is 816 g/mol. The summed E-state index contributed by atoms with van der Waals surface area (Å²) in [5.41, 5.74) is 1.58. The molecule has 39 heavy (non-hydrogen) atoms. The van der Waals surface area contributed by atoms with Gasteiger partial charge in [0.25, 0.3) is 11.8 Å². The highest BCUT2D eigenvalue weighted by molar-refractivity contribution is 14.1. The van der Waals surface area contributed by atoms with Crippen LogP contribution in [-0.2, 0) is 16.2 Å². The van der Waals surface area contributed by atoms with Gasteiger partial charge < -0.3 is 14.2 Å². The Kier molecular flexibility index (Phi) is 9.88. The highest BCUT2D eigenvalue weighted by atomic mass is 127. The Bertz CT molecular complexity index is 1440. The van der Waals surface area contributed by atoms with Crippen LogP contribution < -0.4 is 24.4 Å². The third kappa shape index (κ3) is 6.92. The second kappa shape index (κ2) is 13.1. The molecule has 0 aliphatic carbocycles. The fraction of sp³-hybridized carbons (Fsp3) is 0.179. The van der Waals surface area contributed by atoms with E-state index < -0.39 is 17.8 Å². The van der Waals surface area contributed by atoms with E-state index in [4.69, 9.17) is 14.2 Å². The molecule has 0 saturated carbocycles. The number of imide groups is 2. The van der Waals surface area contributed by atoms with Gasteiger partial charge in [-0.25, -0.2) is 9.69 Å². The number of benzene rings is 3. The number of anilines is 1. The van der Waals surface area contributed by atoms with Gasteiger partial charge in [-0.15, -0.1) is 0 Å². The average Bonchev–Trinajstić information content (AvgIpc) is 2.89. The molecule has 1 N–H and O–H groups in total. The van der Waals surface area contributed by atoms with Crippen molar-refractivity contribution in [3.05, 3.63) is 82.9 Å². The Morgan fingerprint density at radius 1 is 0.923 bits per heavy atom. The lowest BCUT2D eigenvalue weighted by atomic mass is 10.1. The first-order valence-corrected chi connectivity index (χ1v) is 14.8. The molecular formula is C28H23BrI2N2O6. The van der Waals surface area contributed by atoms with Gasteiger partial charge in [-0.3, -0.25) is 14.9 Å². The normalized spacial score (nSPS) is 14.4. The molecule has 0 bridgehead atoms. The lowest BCUT2D eigenvalue weighted by Gasteiger charge is -2.28. The van der Waals surface area contributed by atoms with Gasteiger partial charge in [-0.2, -0.15) is 0 Å². The first-order chi connectivity index (χ1) is 18.7. The summed E-state index contributed by atoms with van der Waals surface area (Å²) < 4.78 is 19.8. The first kappa shape index (κ1) is 29.3. The number of rotatable bonds is 9. The number of nitrogens with one attached hydrogen (secondary N) is 1. The minimum Gasteiger partial charge on any atom is -0.494 e. The van der Waals surface area contributed by atoms with Gasteiger partial charge in [0.2, 0.25) is 0 Å². The topological polar surface area (TPSA) is 94.2 Å². The summed E-state index contributed by atoms with van der Waals surface area (Å²) >= 11 is 7.94. The smallest absolute Gasteiger partial charge is 0.336 e. The van der Waals surface area contributed by atoms with Gasteiger partial charge in [0.15, 0.2) is 0 Å². The van der Waals surface area contributed by atoms with Gasteiger partial charge in [-0.1, -0.05) is 12.1 Å². The van der Waals surface area contributed by atoms with Crippen LogP contribution in [0.3, 0.4) is 0 Å². The van der Waals surface area contributed by atoms with Crippen LogP contribution in [-0.4, -0.2) is 31.1 Å². The Morgan fingerprint density at radius 2 is 1.64 bits per heavy atom. The van der Waals surface area contributed by atoms with E-state index in [9.17, 15) is 14.4 Å². The van der Waals surface area contributed by atoms with Crippen molar-refractivity contribution in [1.82, 2.24) is 5.32 Å². The van der Waals surface area contributed by atoms with Gasteiger partial charge in [-0.05, 0) is 129 Å². The molecule has 0 aromatic heterocycles. The molecule has 0 radical (unpaired) electrons. The standard InChI is InChI=1S/C28H23BrI2N2O6/c1-3-37-19-9-10-24(38-4-2)23(14-19)33-27(35)20(26(34)32-28(33)36)11-17-12-21(29)25(22(31)13-17)39-15-16-5-7-18(30)8-6-16/h5-14H,3-4,15H2,1-2H3,(H,32,34,36)/b20-11+. The van der Waals surface area contributed by atoms with E-state index in [-0.39, 0.29) is 11.3 Å². The number of nitrogens with zero attached hydrogens (tertiary/aromatic N) is 1. The predicted molar refractivity (Wildman–Crippen MR) is 168 cm³/mol. The number of ether oxygens (including phenoxy) is 3. The van der Waals surface area contributed by atoms with Crippen molar-refractivity contribution in [3.8, 4) is 17.2 Å². The van der Waals surface area contributed by atoms with Crippen molar-refractivity contribution in [2.75, 3.05) is 18.1 Å². The summed E-state index contributed by atoms with van der Waals surface area (Å²) in [5, 5.41) is 2.26. The molecule has 1 aliphatic heterocycles. The largest absolute Gasteiger partial charge is 0.494 e. The lowest BCUT2D eigenvalue weighted by molar-refractivity contribution is -0.122. The summed E-state index contributed by atoms with van der Waals surface area (Å²) in [6.07, 6.45) is 1.44. The molecule has 4 amide bonds. The van der Waals surface area contributed by atoms with E-state index in [0.717, 1.165) is 17.6 Å². The Balaban J connectivity index is 1.64. The van der Waals surface area contributed by atoms with Crippen LogP contribution in [0.15, 0.2) is 64.6 Å². The summed E-state index contributed by atoms with van der Waals surface area (Å²) in [6, 6.07) is 15.6. The van der Waals surface area contributed by atoms with E-state index in [1.165, 1.54) is 6.08 Å². The molecule has 0 unspecified atom stereocenters. The minimum absolute atomic E-state index is 0.179. The zero-order valence-corrected chi connectivity index (χ0v) is 26.8. The van der Waals surface area contributed by atoms with Crippen LogP contribution in [0.1, 0.15) is 25.0 Å². The van der Waals surface area contributed by atoms with Crippen LogP contribution in [0.2, 0.25) is 0 Å². The maximum Gasteiger partial charge on any atom is 0.336 e. The van der Waals surface area contributed by atoms with Gasteiger partial charge in [0, 0.05) is 9.64 Å². The third-order valence-electron chi connectivity index (χ3n) is 5.51. The maximum atomic E-state index is 13.5. The van der Waals surface area contributed by atoms with Crippen molar-refractivity contribution in [1.29, 1.82) is 0 Å². The van der Waals surface area contributed by atoms with E-state index in [2.05, 4.69) is 66.4 Å². The predicted octanol–water partition coefficient (Wildman–Crippen LogP) is 6.70. The second-order valence-corrected chi connectivity index (χ2v) is 11.4. The number of amides is 4. The van der Waals surface area contributed by atoms with Gasteiger partial charge in [0.05, 0.1) is 26.9 Å². The Morgan fingerprint density at radius 3 is 2.31 bits per heavy atom. The summed E-state index contributed by atoms with van der Waals surface area (Å²) in [7, 11) is 0. The molecule has 1 saturated heterocycles. The number of barbiturate groups is 1. The second-order valence-electron chi connectivity index (χ2n) is 8.18.